The summed E-state index contributed by atoms with van der Waals surface area (Å²) in [5.74, 6) is 0. The summed E-state index contributed by atoms with van der Waals surface area (Å²) in [4.78, 5) is 10.5. The van der Waals surface area contributed by atoms with E-state index in [-0.39, 0.29) is 0 Å². The minimum atomic E-state index is 0.865. The first-order chi connectivity index (χ1) is 33.3. The smallest absolute Gasteiger partial charge is 0.0979 e. The van der Waals surface area contributed by atoms with E-state index in [2.05, 4.69) is 235 Å². The molecule has 310 valence electrons. The van der Waals surface area contributed by atoms with Gasteiger partial charge in [0, 0.05) is 32.8 Å². The summed E-state index contributed by atoms with van der Waals surface area (Å²) in [6.07, 6.45) is 1.95. The van der Waals surface area contributed by atoms with Crippen molar-refractivity contribution in [2.45, 2.75) is 0 Å². The quantitative estimate of drug-likeness (QED) is 0.162. The van der Waals surface area contributed by atoms with Crippen LogP contribution in [0, 0.1) is 0 Å². The van der Waals surface area contributed by atoms with E-state index in [4.69, 9.17) is 9.97 Å². The molecule has 0 unspecified atom stereocenters. The Labute approximate surface area is 386 Å². The summed E-state index contributed by atoms with van der Waals surface area (Å²) in [5, 5.41) is 14.4. The normalized spacial score (nSPS) is 11.9. The molecule has 14 rings (SSSR count). The van der Waals surface area contributed by atoms with Gasteiger partial charge in [-0.2, -0.15) is 0 Å². The topological polar surface area (TPSA) is 30.7 Å². The zero-order valence-corrected chi connectivity index (χ0v) is 36.4. The predicted octanol–water partition coefficient (Wildman–Crippen LogP) is 17.2. The zero-order valence-electron chi connectivity index (χ0n) is 36.4. The lowest BCUT2D eigenvalue weighted by Crippen LogP contribution is -1.93. The Kier molecular flexibility index (Phi) is 8.28. The van der Waals surface area contributed by atoms with Gasteiger partial charge in [0.2, 0.25) is 0 Å². The number of para-hydroxylation sites is 2. The molecule has 2 aromatic heterocycles. The molecule has 0 aliphatic rings. The van der Waals surface area contributed by atoms with Crippen molar-refractivity contribution in [3.8, 4) is 50.3 Å². The van der Waals surface area contributed by atoms with E-state index in [1.165, 1.54) is 92.9 Å². The van der Waals surface area contributed by atoms with Crippen LogP contribution in [0.2, 0.25) is 0 Å². The Morgan fingerprint density at radius 3 is 1.33 bits per heavy atom. The van der Waals surface area contributed by atoms with Gasteiger partial charge in [0.05, 0.1) is 34.0 Å². The lowest BCUT2D eigenvalue weighted by atomic mass is 9.87. The highest BCUT2D eigenvalue weighted by Crippen LogP contribution is 2.44. The average Bonchev–Trinajstić information content (AvgIpc) is 3.74. The number of aromatic nitrogens is 3. The summed E-state index contributed by atoms with van der Waals surface area (Å²) in [7, 11) is 0. The van der Waals surface area contributed by atoms with Crippen LogP contribution in [-0.4, -0.2) is 14.5 Å². The van der Waals surface area contributed by atoms with Crippen LogP contribution in [0.5, 0.6) is 0 Å². The summed E-state index contributed by atoms with van der Waals surface area (Å²) >= 11 is 0. The fraction of sp³-hybridized carbons (Fsp3) is 0. The highest BCUT2D eigenvalue weighted by atomic mass is 15.0. The van der Waals surface area contributed by atoms with Crippen LogP contribution < -0.4 is 0 Å². The van der Waals surface area contributed by atoms with Crippen LogP contribution in [0.3, 0.4) is 0 Å². The van der Waals surface area contributed by atoms with Crippen LogP contribution in [0.15, 0.2) is 237 Å². The third-order valence-corrected chi connectivity index (χ3v) is 14.1. The van der Waals surface area contributed by atoms with Gasteiger partial charge in [-0.05, 0) is 101 Å². The number of hydrogen-bond donors (Lipinski definition) is 0. The molecule has 0 atom stereocenters. The fourth-order valence-corrected chi connectivity index (χ4v) is 11.1. The van der Waals surface area contributed by atoms with Crippen LogP contribution >= 0.6 is 0 Å². The molecule has 14 aromatic rings. The average molecular weight is 850 g/mol. The van der Waals surface area contributed by atoms with Crippen molar-refractivity contribution in [1.82, 2.24) is 14.5 Å². The molecular formula is C64H39N3. The molecule has 0 aliphatic carbocycles. The van der Waals surface area contributed by atoms with Gasteiger partial charge in [-0.1, -0.05) is 206 Å². The Morgan fingerprint density at radius 2 is 0.701 bits per heavy atom. The van der Waals surface area contributed by atoms with E-state index in [0.717, 1.165) is 44.1 Å². The number of benzene rings is 12. The third kappa shape index (κ3) is 5.71. The number of hydrogen-bond acceptors (Lipinski definition) is 2. The first-order valence-electron chi connectivity index (χ1n) is 23.0. The molecule has 0 N–H and O–H groups in total. The van der Waals surface area contributed by atoms with E-state index >= 15 is 0 Å². The van der Waals surface area contributed by atoms with Gasteiger partial charge in [-0.15, -0.1) is 0 Å². The minimum Gasteiger partial charge on any atom is -0.309 e. The van der Waals surface area contributed by atoms with Gasteiger partial charge in [0.25, 0.3) is 0 Å². The number of fused-ring (bicyclic) bond motifs is 12. The number of rotatable bonds is 5. The minimum absolute atomic E-state index is 0.865. The molecule has 0 fully saturated rings. The Balaban J connectivity index is 0.902. The zero-order chi connectivity index (χ0) is 44.0. The highest BCUT2D eigenvalue weighted by molar-refractivity contribution is 6.23. The van der Waals surface area contributed by atoms with E-state index < -0.39 is 0 Å². The first kappa shape index (κ1) is 37.5. The van der Waals surface area contributed by atoms with E-state index in [1.54, 1.807) is 0 Å². The van der Waals surface area contributed by atoms with Crippen LogP contribution in [0.4, 0.5) is 0 Å². The van der Waals surface area contributed by atoms with Crippen molar-refractivity contribution < 1.29 is 0 Å². The van der Waals surface area contributed by atoms with Gasteiger partial charge in [0.15, 0.2) is 0 Å². The molecule has 0 spiro atoms. The predicted molar refractivity (Wildman–Crippen MR) is 283 cm³/mol. The van der Waals surface area contributed by atoms with E-state index in [1.807, 2.05) is 6.20 Å². The van der Waals surface area contributed by atoms with Crippen molar-refractivity contribution >= 4 is 86.7 Å². The second-order valence-corrected chi connectivity index (χ2v) is 17.6. The maximum absolute atomic E-state index is 5.40. The maximum atomic E-state index is 5.40. The van der Waals surface area contributed by atoms with Crippen LogP contribution in [-0.2, 0) is 0 Å². The first-order valence-corrected chi connectivity index (χ1v) is 23.0. The molecular weight excluding hydrogens is 811 g/mol. The molecule has 3 heteroatoms. The van der Waals surface area contributed by atoms with Gasteiger partial charge in [-0.3, -0.25) is 4.98 Å². The summed E-state index contributed by atoms with van der Waals surface area (Å²) in [6, 6.07) is 83.8. The van der Waals surface area contributed by atoms with Crippen molar-refractivity contribution in [2.24, 2.45) is 0 Å². The molecule has 0 saturated carbocycles. The van der Waals surface area contributed by atoms with E-state index in [0.29, 0.717) is 0 Å². The summed E-state index contributed by atoms with van der Waals surface area (Å²) in [6.45, 7) is 0. The van der Waals surface area contributed by atoms with Crippen LogP contribution in [0.25, 0.3) is 137 Å². The molecule has 0 amide bonds. The lowest BCUT2D eigenvalue weighted by molar-refractivity contribution is 1.18. The maximum Gasteiger partial charge on any atom is 0.0979 e. The molecule has 3 nitrogen and oxygen atoms in total. The van der Waals surface area contributed by atoms with E-state index in [9.17, 15) is 0 Å². The standard InChI is InChI=1S/C64H39N3/c1-2-16-41(17-3-1)67-61-33-11-10-22-56(61)57-35-34-40(38-62(57)67)42-36-37-54(44-19-5-4-18-43(42)44)50-29-13-26-46-45(25-12-27-48(46)50)47-28-14-31-51-49(47)30-15-32-55(51)60-39-65-63-58-23-8-6-20-52(58)53-21-7-9-24-59(53)64(63)66-60/h1-39H. The lowest BCUT2D eigenvalue weighted by Gasteiger charge is -2.17. The molecule has 67 heavy (non-hydrogen) atoms. The fourth-order valence-electron chi connectivity index (χ4n) is 11.1. The second-order valence-electron chi connectivity index (χ2n) is 17.6. The summed E-state index contributed by atoms with van der Waals surface area (Å²) in [5.41, 5.74) is 14.6. The monoisotopic (exact) mass is 849 g/mol. The van der Waals surface area contributed by atoms with Gasteiger partial charge in [0.1, 0.15) is 0 Å². The second kappa shape index (κ2) is 14.8. The largest absolute Gasteiger partial charge is 0.309 e. The van der Waals surface area contributed by atoms with Crippen LogP contribution in [0.1, 0.15) is 0 Å². The highest BCUT2D eigenvalue weighted by Gasteiger charge is 2.19. The van der Waals surface area contributed by atoms with Crippen molar-refractivity contribution in [1.29, 1.82) is 0 Å². The molecule has 0 aliphatic heterocycles. The molecule has 12 aromatic carbocycles. The molecule has 0 saturated heterocycles. The van der Waals surface area contributed by atoms with Crippen molar-refractivity contribution in [2.75, 3.05) is 0 Å². The van der Waals surface area contributed by atoms with Gasteiger partial charge in [-0.25, -0.2) is 4.98 Å². The SMILES string of the molecule is c1ccc(-n2c3ccccc3c3ccc(-c4ccc(-c5cccc6c(-c7cccc8c(-c9cnc%10c%11ccccc%11c%11ccccc%11c%10n9)cccc78)cccc56)c5ccccc45)cc32)cc1. The van der Waals surface area contributed by atoms with Gasteiger partial charge >= 0.3 is 0 Å². The van der Waals surface area contributed by atoms with Gasteiger partial charge < -0.3 is 4.57 Å². The van der Waals surface area contributed by atoms with Crippen molar-refractivity contribution in [3.63, 3.8) is 0 Å². The Hall–Kier alpha value is -8.92. The Morgan fingerprint density at radius 1 is 0.269 bits per heavy atom. The number of nitrogens with zero attached hydrogens (tertiary/aromatic N) is 3. The third-order valence-electron chi connectivity index (χ3n) is 14.1. The summed E-state index contributed by atoms with van der Waals surface area (Å²) < 4.78 is 2.40. The van der Waals surface area contributed by atoms with Crippen molar-refractivity contribution in [3.05, 3.63) is 237 Å². The Bertz CT molecular complexity index is 4300. The molecule has 0 radical (unpaired) electrons. The molecule has 2 heterocycles. The molecule has 0 bridgehead atoms.